The molecule has 0 fully saturated rings. The Bertz CT molecular complexity index is 886. The number of hydrogen-bond donors (Lipinski definition) is 1. The number of rotatable bonds is 5. The van der Waals surface area contributed by atoms with Gasteiger partial charge >= 0.3 is 0 Å². The molecule has 1 N–H and O–H groups in total. The molecule has 4 heteroatoms. The van der Waals surface area contributed by atoms with E-state index in [1.807, 2.05) is 30.3 Å². The van der Waals surface area contributed by atoms with Gasteiger partial charge in [-0.3, -0.25) is 14.6 Å². The minimum Gasteiger partial charge on any atom is -0.323 e. The van der Waals surface area contributed by atoms with E-state index >= 15 is 0 Å². The molecule has 1 amide bonds. The molecular formula is C21H16N2O2. The maximum Gasteiger partial charge on any atom is 0.248 e. The van der Waals surface area contributed by atoms with E-state index in [0.29, 0.717) is 16.8 Å². The predicted molar refractivity (Wildman–Crippen MR) is 98.2 cm³/mol. The van der Waals surface area contributed by atoms with Crippen molar-refractivity contribution in [2.24, 2.45) is 0 Å². The Morgan fingerprint density at radius 1 is 0.800 bits per heavy atom. The van der Waals surface area contributed by atoms with Gasteiger partial charge in [-0.25, -0.2) is 0 Å². The van der Waals surface area contributed by atoms with Gasteiger partial charge in [0, 0.05) is 35.3 Å². The SMILES string of the molecule is O=C(C=Cc1ccccc1)Nc1ccc(C(=O)c2ccncc2)cc1. The monoisotopic (exact) mass is 328 g/mol. The molecule has 25 heavy (non-hydrogen) atoms. The summed E-state index contributed by atoms with van der Waals surface area (Å²) < 4.78 is 0. The number of amides is 1. The molecule has 3 rings (SSSR count). The van der Waals surface area contributed by atoms with Crippen molar-refractivity contribution in [3.8, 4) is 0 Å². The lowest BCUT2D eigenvalue weighted by atomic mass is 10.0. The first-order valence-electron chi connectivity index (χ1n) is 7.81. The van der Waals surface area contributed by atoms with Crippen molar-refractivity contribution in [2.45, 2.75) is 0 Å². The van der Waals surface area contributed by atoms with Gasteiger partial charge < -0.3 is 5.32 Å². The van der Waals surface area contributed by atoms with E-state index in [1.54, 1.807) is 54.9 Å². The molecule has 0 atom stereocenters. The average molecular weight is 328 g/mol. The normalized spacial score (nSPS) is 10.6. The third kappa shape index (κ3) is 4.48. The molecule has 4 nitrogen and oxygen atoms in total. The second-order valence-electron chi connectivity index (χ2n) is 5.38. The van der Waals surface area contributed by atoms with Crippen molar-refractivity contribution in [3.05, 3.63) is 102 Å². The topological polar surface area (TPSA) is 59.1 Å². The van der Waals surface area contributed by atoms with Crippen LogP contribution in [-0.2, 0) is 4.79 Å². The lowest BCUT2D eigenvalue weighted by Crippen LogP contribution is -2.08. The molecule has 0 unspecified atom stereocenters. The van der Waals surface area contributed by atoms with E-state index in [4.69, 9.17) is 0 Å². The van der Waals surface area contributed by atoms with E-state index in [-0.39, 0.29) is 11.7 Å². The van der Waals surface area contributed by atoms with E-state index in [0.717, 1.165) is 5.56 Å². The van der Waals surface area contributed by atoms with Gasteiger partial charge in [0.05, 0.1) is 0 Å². The number of nitrogens with one attached hydrogen (secondary N) is 1. The molecule has 0 spiro atoms. The highest BCUT2D eigenvalue weighted by Gasteiger charge is 2.08. The number of hydrogen-bond acceptors (Lipinski definition) is 3. The average Bonchev–Trinajstić information content (AvgIpc) is 2.68. The maximum atomic E-state index is 12.3. The Kier molecular flexibility index (Phi) is 5.12. The summed E-state index contributed by atoms with van der Waals surface area (Å²) in [6.07, 6.45) is 6.39. The van der Waals surface area contributed by atoms with E-state index < -0.39 is 0 Å². The standard InChI is InChI=1S/C21H16N2O2/c24-20(11-6-16-4-2-1-3-5-16)23-19-9-7-17(8-10-19)21(25)18-12-14-22-15-13-18/h1-15H,(H,23,24). The number of pyridine rings is 1. The molecule has 0 aliphatic carbocycles. The molecule has 0 saturated heterocycles. The quantitative estimate of drug-likeness (QED) is 0.569. The molecule has 0 aliphatic rings. The minimum absolute atomic E-state index is 0.0794. The first-order valence-corrected chi connectivity index (χ1v) is 7.81. The highest BCUT2D eigenvalue weighted by Crippen LogP contribution is 2.13. The van der Waals surface area contributed by atoms with Crippen molar-refractivity contribution in [2.75, 3.05) is 5.32 Å². The van der Waals surface area contributed by atoms with Crippen LogP contribution in [0.5, 0.6) is 0 Å². The highest BCUT2D eigenvalue weighted by molar-refractivity contribution is 6.09. The molecule has 0 saturated carbocycles. The fraction of sp³-hybridized carbons (Fsp3) is 0. The van der Waals surface area contributed by atoms with Crippen LogP contribution >= 0.6 is 0 Å². The Hall–Kier alpha value is -3.53. The smallest absolute Gasteiger partial charge is 0.248 e. The molecule has 1 heterocycles. The van der Waals surface area contributed by atoms with Crippen molar-refractivity contribution >= 4 is 23.5 Å². The van der Waals surface area contributed by atoms with Gasteiger partial charge in [-0.15, -0.1) is 0 Å². The van der Waals surface area contributed by atoms with Crippen LogP contribution in [-0.4, -0.2) is 16.7 Å². The molecule has 1 aromatic heterocycles. The van der Waals surface area contributed by atoms with Gasteiger partial charge in [-0.05, 0) is 48.0 Å². The van der Waals surface area contributed by atoms with E-state index in [1.165, 1.54) is 6.08 Å². The van der Waals surface area contributed by atoms with Crippen molar-refractivity contribution in [3.63, 3.8) is 0 Å². The number of carbonyl (C=O) groups is 2. The summed E-state index contributed by atoms with van der Waals surface area (Å²) in [6.45, 7) is 0. The molecule has 2 aromatic carbocycles. The Labute approximate surface area is 145 Å². The largest absolute Gasteiger partial charge is 0.323 e. The van der Waals surface area contributed by atoms with Crippen LogP contribution in [0.2, 0.25) is 0 Å². The van der Waals surface area contributed by atoms with Crippen LogP contribution in [0.25, 0.3) is 6.08 Å². The predicted octanol–water partition coefficient (Wildman–Crippen LogP) is 3.96. The maximum absolute atomic E-state index is 12.3. The molecule has 0 radical (unpaired) electrons. The van der Waals surface area contributed by atoms with Crippen LogP contribution in [0.4, 0.5) is 5.69 Å². The number of nitrogens with zero attached hydrogens (tertiary/aromatic N) is 1. The first-order chi connectivity index (χ1) is 12.2. The van der Waals surface area contributed by atoms with Gasteiger partial charge in [-0.2, -0.15) is 0 Å². The summed E-state index contributed by atoms with van der Waals surface area (Å²) in [7, 11) is 0. The first kappa shape index (κ1) is 16.3. The summed E-state index contributed by atoms with van der Waals surface area (Å²) in [6, 6.07) is 19.7. The van der Waals surface area contributed by atoms with Crippen LogP contribution in [0.1, 0.15) is 21.5 Å². The highest BCUT2D eigenvalue weighted by atomic mass is 16.1. The van der Waals surface area contributed by atoms with Gasteiger partial charge in [0.1, 0.15) is 0 Å². The number of benzene rings is 2. The minimum atomic E-state index is -0.225. The number of carbonyl (C=O) groups excluding carboxylic acids is 2. The molecule has 122 valence electrons. The second kappa shape index (κ2) is 7.84. The van der Waals surface area contributed by atoms with Crippen LogP contribution in [0.3, 0.4) is 0 Å². The summed E-state index contributed by atoms with van der Waals surface area (Å²) in [4.78, 5) is 28.2. The summed E-state index contributed by atoms with van der Waals surface area (Å²) in [5.74, 6) is -0.304. The second-order valence-corrected chi connectivity index (χ2v) is 5.38. The molecule has 0 bridgehead atoms. The number of anilines is 1. The summed E-state index contributed by atoms with van der Waals surface area (Å²) >= 11 is 0. The van der Waals surface area contributed by atoms with Crippen LogP contribution < -0.4 is 5.32 Å². The zero-order valence-electron chi connectivity index (χ0n) is 13.4. The van der Waals surface area contributed by atoms with Gasteiger partial charge in [-0.1, -0.05) is 30.3 Å². The van der Waals surface area contributed by atoms with E-state index in [9.17, 15) is 9.59 Å². The number of aromatic nitrogens is 1. The Morgan fingerprint density at radius 3 is 2.12 bits per heavy atom. The zero-order chi connectivity index (χ0) is 17.5. The third-order valence-electron chi connectivity index (χ3n) is 3.58. The lowest BCUT2D eigenvalue weighted by Gasteiger charge is -2.04. The summed E-state index contributed by atoms with van der Waals surface area (Å²) in [5, 5.41) is 2.77. The molecule has 3 aromatic rings. The van der Waals surface area contributed by atoms with Gasteiger partial charge in [0.15, 0.2) is 5.78 Å². The van der Waals surface area contributed by atoms with Gasteiger partial charge in [0.2, 0.25) is 5.91 Å². The fourth-order valence-electron chi connectivity index (χ4n) is 2.29. The molecule has 0 aliphatic heterocycles. The summed E-state index contributed by atoms with van der Waals surface area (Å²) in [5.41, 5.74) is 2.73. The Morgan fingerprint density at radius 2 is 1.44 bits per heavy atom. The molecular weight excluding hydrogens is 312 g/mol. The van der Waals surface area contributed by atoms with Crippen molar-refractivity contribution in [1.82, 2.24) is 4.98 Å². The zero-order valence-corrected chi connectivity index (χ0v) is 13.4. The number of ketones is 1. The fourth-order valence-corrected chi connectivity index (χ4v) is 2.29. The third-order valence-corrected chi connectivity index (χ3v) is 3.58. The van der Waals surface area contributed by atoms with E-state index in [2.05, 4.69) is 10.3 Å². The lowest BCUT2D eigenvalue weighted by molar-refractivity contribution is -0.111. The van der Waals surface area contributed by atoms with Crippen LogP contribution in [0.15, 0.2) is 85.2 Å². The Balaban J connectivity index is 1.64. The van der Waals surface area contributed by atoms with Gasteiger partial charge in [0.25, 0.3) is 0 Å². The van der Waals surface area contributed by atoms with Crippen LogP contribution in [0, 0.1) is 0 Å². The van der Waals surface area contributed by atoms with Crippen molar-refractivity contribution < 1.29 is 9.59 Å². The van der Waals surface area contributed by atoms with Crippen molar-refractivity contribution in [1.29, 1.82) is 0 Å².